The van der Waals surface area contributed by atoms with E-state index < -0.39 is 0 Å². The minimum Gasteiger partial charge on any atom is -0.345 e. The Bertz CT molecular complexity index is 964. The number of hydrogen-bond acceptors (Lipinski definition) is 7. The number of rotatable bonds is 3. The molecule has 2 aromatic rings. The number of hydrogen-bond donors (Lipinski definition) is 0. The molecule has 0 unspecified atom stereocenters. The molecule has 1 aromatic heterocycles. The topological polar surface area (TPSA) is 52.0 Å². The smallest absolute Gasteiger partial charge is 0.228 e. The van der Waals surface area contributed by atoms with E-state index in [-0.39, 0.29) is 5.91 Å². The van der Waals surface area contributed by atoms with Crippen LogP contribution in [0.3, 0.4) is 0 Å². The van der Waals surface area contributed by atoms with Crippen molar-refractivity contribution in [2.75, 3.05) is 44.2 Å². The molecule has 0 bridgehead atoms. The van der Waals surface area contributed by atoms with Gasteiger partial charge >= 0.3 is 0 Å². The standard InChI is InChI=1S/C18H18ClN5OS2/c19-12-1-2-14-15(9-12)27-18(21-14)23-7-5-22(6-8-23)16(25)10-13-11-26-17-20-3-4-24(13)17/h1-2,9,11H,3-8,10H2. The average molecular weight is 420 g/mol. The SMILES string of the molecule is O=C(CC1=CSC2=NCCN12)N1CCN(c2nc3ccc(Cl)cc3s2)CC1. The summed E-state index contributed by atoms with van der Waals surface area (Å²) in [4.78, 5) is 28.3. The lowest BCUT2D eigenvalue weighted by Gasteiger charge is -2.35. The number of piperazine rings is 1. The molecule has 27 heavy (non-hydrogen) atoms. The number of nitrogens with zero attached hydrogens (tertiary/aromatic N) is 5. The zero-order valence-electron chi connectivity index (χ0n) is 14.6. The average Bonchev–Trinajstić information content (AvgIpc) is 3.38. The fourth-order valence-corrected chi connectivity index (χ4v) is 5.80. The summed E-state index contributed by atoms with van der Waals surface area (Å²) in [5.74, 6) is 0.200. The van der Waals surface area contributed by atoms with Crippen LogP contribution in [0.2, 0.25) is 5.02 Å². The van der Waals surface area contributed by atoms with Gasteiger partial charge in [-0.25, -0.2) is 4.98 Å². The van der Waals surface area contributed by atoms with Crippen LogP contribution in [0.1, 0.15) is 6.42 Å². The molecule has 4 heterocycles. The van der Waals surface area contributed by atoms with Gasteiger partial charge in [0.1, 0.15) is 0 Å². The van der Waals surface area contributed by atoms with Crippen LogP contribution in [0, 0.1) is 0 Å². The molecule has 1 fully saturated rings. The Morgan fingerprint density at radius 2 is 2.04 bits per heavy atom. The van der Waals surface area contributed by atoms with Gasteiger partial charge in [-0.05, 0) is 23.6 Å². The van der Waals surface area contributed by atoms with Gasteiger partial charge in [-0.2, -0.15) is 0 Å². The molecule has 0 radical (unpaired) electrons. The van der Waals surface area contributed by atoms with Crippen molar-refractivity contribution in [3.63, 3.8) is 0 Å². The number of amides is 1. The molecule has 0 atom stereocenters. The van der Waals surface area contributed by atoms with E-state index in [1.165, 1.54) is 0 Å². The molecule has 9 heteroatoms. The van der Waals surface area contributed by atoms with Crippen molar-refractivity contribution in [1.82, 2.24) is 14.8 Å². The Balaban J connectivity index is 1.20. The highest BCUT2D eigenvalue weighted by molar-refractivity contribution is 8.16. The highest BCUT2D eigenvalue weighted by atomic mass is 35.5. The maximum absolute atomic E-state index is 12.7. The van der Waals surface area contributed by atoms with Crippen LogP contribution in [-0.4, -0.2) is 65.1 Å². The second-order valence-electron chi connectivity index (χ2n) is 6.70. The van der Waals surface area contributed by atoms with E-state index in [4.69, 9.17) is 16.6 Å². The lowest BCUT2D eigenvalue weighted by molar-refractivity contribution is -0.130. The zero-order valence-corrected chi connectivity index (χ0v) is 17.0. The van der Waals surface area contributed by atoms with Crippen LogP contribution in [0.4, 0.5) is 5.13 Å². The van der Waals surface area contributed by atoms with Gasteiger partial charge in [0.2, 0.25) is 5.91 Å². The zero-order chi connectivity index (χ0) is 18.4. The highest BCUT2D eigenvalue weighted by Crippen LogP contribution is 2.33. The van der Waals surface area contributed by atoms with E-state index in [1.54, 1.807) is 23.1 Å². The molecule has 3 aliphatic rings. The van der Waals surface area contributed by atoms with Crippen molar-refractivity contribution in [3.8, 4) is 0 Å². The van der Waals surface area contributed by atoms with Crippen LogP contribution in [-0.2, 0) is 4.79 Å². The number of halogens is 1. The first-order valence-electron chi connectivity index (χ1n) is 8.94. The summed E-state index contributed by atoms with van der Waals surface area (Å²) in [7, 11) is 0. The summed E-state index contributed by atoms with van der Waals surface area (Å²) in [6, 6.07) is 5.79. The third-order valence-electron chi connectivity index (χ3n) is 5.02. The number of aromatic nitrogens is 1. The fourth-order valence-electron chi connectivity index (χ4n) is 3.55. The highest BCUT2D eigenvalue weighted by Gasteiger charge is 2.30. The van der Waals surface area contributed by atoms with E-state index in [2.05, 4.69) is 20.2 Å². The third kappa shape index (κ3) is 3.30. The van der Waals surface area contributed by atoms with Gasteiger partial charge in [-0.15, -0.1) is 0 Å². The Morgan fingerprint density at radius 1 is 1.19 bits per heavy atom. The summed E-state index contributed by atoms with van der Waals surface area (Å²) < 4.78 is 1.10. The van der Waals surface area contributed by atoms with Crippen molar-refractivity contribution >= 4 is 61.1 Å². The molecular formula is C18H18ClN5OS2. The van der Waals surface area contributed by atoms with E-state index in [0.717, 1.165) is 70.5 Å². The normalized spacial score (nSPS) is 19.5. The number of carbonyl (C=O) groups is 1. The molecule has 6 nitrogen and oxygen atoms in total. The number of amidine groups is 1. The fraction of sp³-hybridized carbons (Fsp3) is 0.389. The van der Waals surface area contributed by atoms with Gasteiger partial charge in [-0.1, -0.05) is 34.7 Å². The summed E-state index contributed by atoms with van der Waals surface area (Å²) >= 11 is 9.36. The number of carbonyl (C=O) groups excluding carboxylic acids is 1. The minimum absolute atomic E-state index is 0.200. The maximum Gasteiger partial charge on any atom is 0.228 e. The molecule has 1 aromatic carbocycles. The Morgan fingerprint density at radius 3 is 2.89 bits per heavy atom. The van der Waals surface area contributed by atoms with Gasteiger partial charge in [0, 0.05) is 43.4 Å². The Kier molecular flexibility index (Phi) is 4.49. The Labute approximate surface area is 170 Å². The van der Waals surface area contributed by atoms with Crippen molar-refractivity contribution in [3.05, 3.63) is 34.3 Å². The molecule has 0 aliphatic carbocycles. The van der Waals surface area contributed by atoms with Gasteiger partial charge in [0.05, 0.1) is 23.2 Å². The van der Waals surface area contributed by atoms with E-state index in [1.807, 2.05) is 23.1 Å². The quantitative estimate of drug-likeness (QED) is 0.764. The summed E-state index contributed by atoms with van der Waals surface area (Å²) in [6.45, 7) is 4.82. The van der Waals surface area contributed by atoms with Crippen molar-refractivity contribution in [1.29, 1.82) is 0 Å². The van der Waals surface area contributed by atoms with Crippen molar-refractivity contribution in [2.24, 2.45) is 4.99 Å². The van der Waals surface area contributed by atoms with Crippen LogP contribution in [0.5, 0.6) is 0 Å². The second-order valence-corrected chi connectivity index (χ2v) is 8.98. The van der Waals surface area contributed by atoms with Crippen molar-refractivity contribution < 1.29 is 4.79 Å². The minimum atomic E-state index is 0.200. The van der Waals surface area contributed by atoms with Gasteiger partial charge < -0.3 is 14.7 Å². The number of thioether (sulfide) groups is 1. The van der Waals surface area contributed by atoms with Crippen LogP contribution in [0.25, 0.3) is 10.2 Å². The number of anilines is 1. The Hall–Kier alpha value is -1.77. The number of benzene rings is 1. The maximum atomic E-state index is 12.7. The molecular weight excluding hydrogens is 402 g/mol. The second kappa shape index (κ2) is 7.00. The first-order chi connectivity index (χ1) is 13.2. The van der Waals surface area contributed by atoms with Gasteiger partial charge in [0.25, 0.3) is 0 Å². The van der Waals surface area contributed by atoms with Crippen LogP contribution in [0.15, 0.2) is 34.3 Å². The predicted octanol–water partition coefficient (Wildman–Crippen LogP) is 3.25. The first kappa shape index (κ1) is 17.3. The largest absolute Gasteiger partial charge is 0.345 e. The molecule has 0 N–H and O–H groups in total. The molecule has 3 aliphatic heterocycles. The third-order valence-corrected chi connectivity index (χ3v) is 7.29. The first-order valence-corrected chi connectivity index (χ1v) is 11.0. The summed E-state index contributed by atoms with van der Waals surface area (Å²) in [5, 5.41) is 4.85. The van der Waals surface area contributed by atoms with Crippen molar-refractivity contribution in [2.45, 2.75) is 6.42 Å². The lowest BCUT2D eigenvalue weighted by atomic mass is 10.2. The molecule has 1 amide bonds. The predicted molar refractivity (Wildman–Crippen MR) is 113 cm³/mol. The van der Waals surface area contributed by atoms with Gasteiger partial charge in [0.15, 0.2) is 10.3 Å². The van der Waals surface area contributed by atoms with E-state index >= 15 is 0 Å². The molecule has 0 spiro atoms. The van der Waals surface area contributed by atoms with E-state index in [0.29, 0.717) is 6.42 Å². The monoisotopic (exact) mass is 419 g/mol. The number of aliphatic imine (C=N–C) groups is 1. The lowest BCUT2D eigenvalue weighted by Crippen LogP contribution is -2.49. The summed E-state index contributed by atoms with van der Waals surface area (Å²) in [6.07, 6.45) is 0.464. The van der Waals surface area contributed by atoms with E-state index in [9.17, 15) is 4.79 Å². The number of fused-ring (bicyclic) bond motifs is 2. The van der Waals surface area contributed by atoms with Gasteiger partial charge in [-0.3, -0.25) is 9.79 Å². The number of thiazole rings is 1. The van der Waals surface area contributed by atoms with Crippen LogP contribution < -0.4 is 4.90 Å². The molecule has 1 saturated heterocycles. The molecule has 5 rings (SSSR count). The molecule has 140 valence electrons. The molecule has 0 saturated carbocycles. The summed E-state index contributed by atoms with van der Waals surface area (Å²) in [5.41, 5.74) is 2.07. The van der Waals surface area contributed by atoms with Crippen LogP contribution >= 0.6 is 34.7 Å².